The van der Waals surface area contributed by atoms with Crippen LogP contribution < -0.4 is 5.32 Å². The molecule has 19 heavy (non-hydrogen) atoms. The summed E-state index contributed by atoms with van der Waals surface area (Å²) in [5.41, 5.74) is 2.87. The van der Waals surface area contributed by atoms with Crippen LogP contribution in [0.5, 0.6) is 0 Å². The van der Waals surface area contributed by atoms with Crippen molar-refractivity contribution in [1.82, 2.24) is 9.97 Å². The van der Waals surface area contributed by atoms with Gasteiger partial charge in [0.25, 0.3) is 0 Å². The molecule has 1 aromatic heterocycles. The summed E-state index contributed by atoms with van der Waals surface area (Å²) >= 11 is 9.66. The van der Waals surface area contributed by atoms with Crippen LogP contribution in [0, 0.1) is 13.8 Å². The molecule has 2 rings (SSSR count). The summed E-state index contributed by atoms with van der Waals surface area (Å²) in [4.78, 5) is 9.04. The predicted molar refractivity (Wildman–Crippen MR) is 83.8 cm³/mol. The van der Waals surface area contributed by atoms with Gasteiger partial charge in [-0.2, -0.15) is 0 Å². The lowest BCUT2D eigenvalue weighted by atomic mass is 10.1. The van der Waals surface area contributed by atoms with Crippen molar-refractivity contribution in [3.63, 3.8) is 0 Å². The normalized spacial score (nSPS) is 10.6. The molecule has 0 saturated carbocycles. The molecule has 1 heterocycles. The van der Waals surface area contributed by atoms with E-state index in [9.17, 15) is 0 Å². The van der Waals surface area contributed by atoms with Crippen molar-refractivity contribution in [2.75, 3.05) is 11.9 Å². The molecule has 2 aromatic rings. The fourth-order valence-electron chi connectivity index (χ4n) is 1.70. The third kappa shape index (κ3) is 3.07. The smallest absolute Gasteiger partial charge is 0.161 e. The highest BCUT2D eigenvalue weighted by Gasteiger charge is 2.11. The first-order chi connectivity index (χ1) is 9.02. The van der Waals surface area contributed by atoms with Crippen molar-refractivity contribution < 1.29 is 0 Å². The Bertz CT molecular complexity index is 614. The van der Waals surface area contributed by atoms with Gasteiger partial charge in [0, 0.05) is 17.1 Å². The van der Waals surface area contributed by atoms with E-state index in [-0.39, 0.29) is 0 Å². The first kappa shape index (κ1) is 14.3. The first-order valence-corrected chi connectivity index (χ1v) is 7.24. The van der Waals surface area contributed by atoms with Crippen LogP contribution in [-0.2, 0) is 0 Å². The average Bonchev–Trinajstić information content (AvgIpc) is 2.38. The maximum atomic E-state index is 6.16. The third-order valence-electron chi connectivity index (χ3n) is 2.79. The number of nitrogens with one attached hydrogen (secondary N) is 1. The molecule has 0 unspecified atom stereocenters. The Morgan fingerprint density at radius 1 is 1.26 bits per heavy atom. The van der Waals surface area contributed by atoms with Crippen molar-refractivity contribution in [3.8, 4) is 11.4 Å². The fraction of sp³-hybridized carbons (Fsp3) is 0.286. The second kappa shape index (κ2) is 5.88. The van der Waals surface area contributed by atoms with Gasteiger partial charge in [-0.05, 0) is 48.3 Å². The van der Waals surface area contributed by atoms with Crippen LogP contribution in [-0.4, -0.2) is 16.5 Å². The Kier molecular flexibility index (Phi) is 4.42. The first-order valence-electron chi connectivity index (χ1n) is 6.07. The van der Waals surface area contributed by atoms with Crippen molar-refractivity contribution in [2.45, 2.75) is 20.8 Å². The highest BCUT2D eigenvalue weighted by atomic mass is 79.9. The number of benzene rings is 1. The molecule has 0 atom stereocenters. The summed E-state index contributed by atoms with van der Waals surface area (Å²) in [5, 5.41) is 3.95. The topological polar surface area (TPSA) is 37.8 Å². The Balaban J connectivity index is 2.52. The second-order valence-electron chi connectivity index (χ2n) is 4.29. The zero-order valence-corrected chi connectivity index (χ0v) is 13.4. The van der Waals surface area contributed by atoms with Gasteiger partial charge in [0.1, 0.15) is 5.82 Å². The van der Waals surface area contributed by atoms with Gasteiger partial charge >= 0.3 is 0 Å². The van der Waals surface area contributed by atoms with Crippen LogP contribution in [0.25, 0.3) is 11.4 Å². The minimum atomic E-state index is 0.679. The molecule has 0 spiro atoms. The van der Waals surface area contributed by atoms with Crippen molar-refractivity contribution in [3.05, 3.63) is 39.0 Å². The number of hydrogen-bond acceptors (Lipinski definition) is 3. The number of anilines is 1. The largest absolute Gasteiger partial charge is 0.369 e. The van der Waals surface area contributed by atoms with Gasteiger partial charge < -0.3 is 5.32 Å². The van der Waals surface area contributed by atoms with E-state index >= 15 is 0 Å². The average molecular weight is 341 g/mol. The van der Waals surface area contributed by atoms with Gasteiger partial charge in [-0.25, -0.2) is 9.97 Å². The monoisotopic (exact) mass is 339 g/mol. The minimum absolute atomic E-state index is 0.679. The Morgan fingerprint density at radius 2 is 2.00 bits per heavy atom. The molecule has 0 aliphatic carbocycles. The zero-order valence-electron chi connectivity index (χ0n) is 11.1. The fourth-order valence-corrected chi connectivity index (χ4v) is 2.20. The summed E-state index contributed by atoms with van der Waals surface area (Å²) in [7, 11) is 0. The lowest BCUT2D eigenvalue weighted by Gasteiger charge is -2.10. The van der Waals surface area contributed by atoms with Crippen molar-refractivity contribution in [2.24, 2.45) is 0 Å². The molecular formula is C14H15BrClN3. The molecule has 0 fully saturated rings. The van der Waals surface area contributed by atoms with Crippen LogP contribution in [0.1, 0.15) is 18.2 Å². The van der Waals surface area contributed by atoms with E-state index in [0.29, 0.717) is 5.82 Å². The third-order valence-corrected chi connectivity index (χ3v) is 4.15. The van der Waals surface area contributed by atoms with E-state index in [4.69, 9.17) is 11.6 Å². The molecule has 1 N–H and O–H groups in total. The molecule has 0 bridgehead atoms. The van der Waals surface area contributed by atoms with Gasteiger partial charge in [0.2, 0.25) is 0 Å². The van der Waals surface area contributed by atoms with Gasteiger partial charge in [-0.1, -0.05) is 23.7 Å². The van der Waals surface area contributed by atoms with Gasteiger partial charge in [-0.15, -0.1) is 0 Å². The lowest BCUT2D eigenvalue weighted by Crippen LogP contribution is -2.04. The molecular weight excluding hydrogens is 326 g/mol. The number of nitrogens with zero attached hydrogens (tertiary/aromatic N) is 2. The summed E-state index contributed by atoms with van der Waals surface area (Å²) in [6, 6.07) is 5.86. The maximum absolute atomic E-state index is 6.16. The maximum Gasteiger partial charge on any atom is 0.161 e. The van der Waals surface area contributed by atoms with Crippen molar-refractivity contribution in [1.29, 1.82) is 0 Å². The van der Waals surface area contributed by atoms with Gasteiger partial charge in [-0.3, -0.25) is 0 Å². The molecule has 0 saturated heterocycles. The standard InChI is InChI=1S/C14H15BrClN3/c1-4-17-14-12(15)9(3)18-13(19-14)10-6-5-8(2)11(16)7-10/h5-7H,4H2,1-3H3,(H,17,18,19). The summed E-state index contributed by atoms with van der Waals surface area (Å²) in [6.45, 7) is 6.77. The predicted octanol–water partition coefficient (Wildman–Crippen LogP) is 4.61. The van der Waals surface area contributed by atoms with E-state index in [0.717, 1.165) is 38.7 Å². The zero-order chi connectivity index (χ0) is 14.0. The molecule has 0 amide bonds. The van der Waals surface area contributed by atoms with E-state index in [1.165, 1.54) is 0 Å². The highest BCUT2D eigenvalue weighted by molar-refractivity contribution is 9.10. The molecule has 0 radical (unpaired) electrons. The van der Waals surface area contributed by atoms with Gasteiger partial charge in [0.15, 0.2) is 5.82 Å². The van der Waals surface area contributed by atoms with Crippen LogP contribution >= 0.6 is 27.5 Å². The second-order valence-corrected chi connectivity index (χ2v) is 5.49. The Hall–Kier alpha value is -1.13. The Labute approximate surface area is 126 Å². The number of hydrogen-bond donors (Lipinski definition) is 1. The molecule has 1 aromatic carbocycles. The molecule has 100 valence electrons. The SMILES string of the molecule is CCNc1nc(-c2ccc(C)c(Cl)c2)nc(C)c1Br. The summed E-state index contributed by atoms with van der Waals surface area (Å²) in [6.07, 6.45) is 0. The highest BCUT2D eigenvalue weighted by Crippen LogP contribution is 2.28. The van der Waals surface area contributed by atoms with Crippen molar-refractivity contribution >= 4 is 33.3 Å². The molecule has 3 nitrogen and oxygen atoms in total. The van der Waals surface area contributed by atoms with E-state index < -0.39 is 0 Å². The lowest BCUT2D eigenvalue weighted by molar-refractivity contribution is 1.06. The quantitative estimate of drug-likeness (QED) is 0.886. The van der Waals surface area contributed by atoms with E-state index in [1.807, 2.05) is 39.0 Å². The van der Waals surface area contributed by atoms with Crippen LogP contribution in [0.15, 0.2) is 22.7 Å². The summed E-state index contributed by atoms with van der Waals surface area (Å²) < 4.78 is 0.899. The van der Waals surface area contributed by atoms with Gasteiger partial charge in [0.05, 0.1) is 10.2 Å². The van der Waals surface area contributed by atoms with Crippen LogP contribution in [0.3, 0.4) is 0 Å². The molecule has 0 aliphatic rings. The van der Waals surface area contributed by atoms with Crippen LogP contribution in [0.2, 0.25) is 5.02 Å². The number of aryl methyl sites for hydroxylation is 2. The number of aromatic nitrogens is 2. The van der Waals surface area contributed by atoms with Crippen LogP contribution in [0.4, 0.5) is 5.82 Å². The molecule has 0 aliphatic heterocycles. The number of rotatable bonds is 3. The minimum Gasteiger partial charge on any atom is -0.369 e. The van der Waals surface area contributed by atoms with E-state index in [1.54, 1.807) is 0 Å². The Morgan fingerprint density at radius 3 is 2.63 bits per heavy atom. The molecule has 5 heteroatoms. The summed E-state index contributed by atoms with van der Waals surface area (Å²) in [5.74, 6) is 1.49. The van der Waals surface area contributed by atoms with E-state index in [2.05, 4.69) is 31.2 Å². The number of halogens is 2.